The zero-order valence-electron chi connectivity index (χ0n) is 11.5. The van der Waals surface area contributed by atoms with Gasteiger partial charge in [0, 0.05) is 19.0 Å². The van der Waals surface area contributed by atoms with E-state index < -0.39 is 4.92 Å². The number of nitrogens with zero attached hydrogens (tertiary/aromatic N) is 3. The van der Waals surface area contributed by atoms with E-state index in [9.17, 15) is 14.9 Å². The Hall–Kier alpha value is -1.98. The van der Waals surface area contributed by atoms with Crippen molar-refractivity contribution in [1.29, 1.82) is 0 Å². The lowest BCUT2D eigenvalue weighted by molar-refractivity contribution is -0.383. The number of fused-ring (bicyclic) bond motifs is 1. The number of amides is 1. The third kappa shape index (κ3) is 4.02. The molecule has 0 bridgehead atoms. The first-order valence-electron chi connectivity index (χ1n) is 6.66. The number of anilines is 1. The molecule has 1 aromatic carbocycles. The largest absolute Gasteiger partial charge is 0.383 e. The molecule has 0 atom stereocenters. The molecule has 0 radical (unpaired) electrons. The van der Waals surface area contributed by atoms with Gasteiger partial charge in [-0.25, -0.2) is 4.63 Å². The van der Waals surface area contributed by atoms with Gasteiger partial charge in [-0.05, 0) is 29.2 Å². The number of nitro groups is 1. The van der Waals surface area contributed by atoms with Gasteiger partial charge in [0.05, 0.1) is 33.5 Å². The molecule has 0 fully saturated rings. The highest BCUT2D eigenvalue weighted by Crippen LogP contribution is 2.28. The quantitative estimate of drug-likeness (QED) is 0.222. The van der Waals surface area contributed by atoms with Gasteiger partial charge in [0.2, 0.25) is 11.4 Å². The SMILES string of the molecule is O=C(CCCCCNc1ccc([N+](=O)[O-])c2nonc12)NI. The number of non-ortho nitro benzene ring substituents is 1. The van der Waals surface area contributed by atoms with E-state index in [2.05, 4.69) is 23.8 Å². The van der Waals surface area contributed by atoms with Crippen LogP contribution in [-0.4, -0.2) is 27.7 Å². The Kier molecular flexibility index (Phi) is 5.86. The van der Waals surface area contributed by atoms with Crippen LogP contribution in [0.15, 0.2) is 16.8 Å². The first-order valence-corrected chi connectivity index (χ1v) is 7.74. The average Bonchev–Trinajstić information content (AvgIpc) is 2.99. The van der Waals surface area contributed by atoms with Crippen molar-refractivity contribution in [3.63, 3.8) is 0 Å². The molecule has 0 aliphatic heterocycles. The van der Waals surface area contributed by atoms with Gasteiger partial charge in [0.25, 0.3) is 0 Å². The van der Waals surface area contributed by atoms with E-state index in [-0.39, 0.29) is 17.1 Å². The van der Waals surface area contributed by atoms with Crippen molar-refractivity contribution in [2.45, 2.75) is 25.7 Å². The first-order chi connectivity index (χ1) is 10.6. The Balaban J connectivity index is 1.88. The number of nitro benzene ring substituents is 1. The van der Waals surface area contributed by atoms with Crippen molar-refractivity contribution in [3.05, 3.63) is 22.2 Å². The summed E-state index contributed by atoms with van der Waals surface area (Å²) in [6, 6.07) is 2.97. The van der Waals surface area contributed by atoms with Gasteiger partial charge < -0.3 is 5.32 Å². The number of benzene rings is 1. The van der Waals surface area contributed by atoms with E-state index in [4.69, 9.17) is 0 Å². The second-order valence-electron chi connectivity index (χ2n) is 4.61. The molecule has 0 aliphatic rings. The van der Waals surface area contributed by atoms with Gasteiger partial charge in [-0.2, -0.15) is 0 Å². The van der Waals surface area contributed by atoms with Gasteiger partial charge in [-0.1, -0.05) is 6.42 Å². The average molecular weight is 419 g/mol. The van der Waals surface area contributed by atoms with Crippen LogP contribution < -0.4 is 8.85 Å². The van der Waals surface area contributed by atoms with Crippen LogP contribution >= 0.6 is 22.9 Å². The van der Waals surface area contributed by atoms with E-state index in [0.29, 0.717) is 24.2 Å². The van der Waals surface area contributed by atoms with Gasteiger partial charge in [-0.15, -0.1) is 0 Å². The number of rotatable bonds is 8. The molecular formula is C12H14IN5O4. The van der Waals surface area contributed by atoms with Gasteiger partial charge in [0.1, 0.15) is 0 Å². The molecule has 2 rings (SSSR count). The zero-order valence-corrected chi connectivity index (χ0v) is 13.7. The molecule has 22 heavy (non-hydrogen) atoms. The monoisotopic (exact) mass is 419 g/mol. The van der Waals surface area contributed by atoms with Gasteiger partial charge in [-0.3, -0.25) is 18.4 Å². The van der Waals surface area contributed by atoms with Crippen LogP contribution in [0.25, 0.3) is 11.0 Å². The summed E-state index contributed by atoms with van der Waals surface area (Å²) in [6.45, 7) is 0.672. The number of hydrogen-bond acceptors (Lipinski definition) is 7. The maximum Gasteiger partial charge on any atom is 0.300 e. The van der Waals surface area contributed by atoms with Crippen LogP contribution in [0.4, 0.5) is 11.4 Å². The molecule has 1 aromatic heterocycles. The predicted molar refractivity (Wildman–Crippen MR) is 87.6 cm³/mol. The fourth-order valence-corrected chi connectivity index (χ4v) is 2.27. The Labute approximate surface area is 139 Å². The Bertz CT molecular complexity index is 675. The lowest BCUT2D eigenvalue weighted by Gasteiger charge is -2.06. The van der Waals surface area contributed by atoms with E-state index in [1.54, 1.807) is 6.07 Å². The third-order valence-corrected chi connectivity index (χ3v) is 3.69. The van der Waals surface area contributed by atoms with Gasteiger partial charge in [0.15, 0.2) is 5.52 Å². The van der Waals surface area contributed by atoms with Crippen LogP contribution in [0, 0.1) is 10.1 Å². The molecule has 0 unspecified atom stereocenters. The highest BCUT2D eigenvalue weighted by molar-refractivity contribution is 14.1. The number of carbonyl (C=O) groups is 1. The summed E-state index contributed by atoms with van der Waals surface area (Å²) in [7, 11) is 0. The summed E-state index contributed by atoms with van der Waals surface area (Å²) in [5, 5.41) is 21.3. The lowest BCUT2D eigenvalue weighted by atomic mass is 10.2. The topological polar surface area (TPSA) is 123 Å². The smallest absolute Gasteiger partial charge is 0.300 e. The Morgan fingerprint density at radius 3 is 2.77 bits per heavy atom. The number of unbranched alkanes of at least 4 members (excludes halogenated alkanes) is 2. The molecular weight excluding hydrogens is 405 g/mol. The molecule has 0 aliphatic carbocycles. The zero-order chi connectivity index (χ0) is 15.9. The fraction of sp³-hybridized carbons (Fsp3) is 0.417. The van der Waals surface area contributed by atoms with E-state index in [1.807, 2.05) is 22.9 Å². The number of aromatic nitrogens is 2. The fourth-order valence-electron chi connectivity index (χ4n) is 2.00. The normalized spacial score (nSPS) is 10.6. The molecule has 0 spiro atoms. The van der Waals surface area contributed by atoms with E-state index >= 15 is 0 Å². The molecule has 118 valence electrons. The number of carbonyl (C=O) groups excluding carboxylic acids is 1. The van der Waals surface area contributed by atoms with Crippen molar-refractivity contribution in [2.24, 2.45) is 0 Å². The van der Waals surface area contributed by atoms with Crippen LogP contribution in [0.3, 0.4) is 0 Å². The van der Waals surface area contributed by atoms with Crippen LogP contribution in [0.1, 0.15) is 25.7 Å². The minimum absolute atomic E-state index is 0.0271. The van der Waals surface area contributed by atoms with E-state index in [1.165, 1.54) is 6.07 Å². The number of halogens is 1. The molecule has 0 saturated heterocycles. The van der Waals surface area contributed by atoms with E-state index in [0.717, 1.165) is 19.3 Å². The van der Waals surface area contributed by atoms with Crippen LogP contribution in [0.2, 0.25) is 0 Å². The van der Waals surface area contributed by atoms with Crippen LogP contribution in [-0.2, 0) is 4.79 Å². The summed E-state index contributed by atoms with van der Waals surface area (Å²) in [5.74, 6) is 0.0271. The standard InChI is InChI=1S/C12H14IN5O4/c13-15-10(19)4-2-1-3-7-14-8-5-6-9(18(20)21)12-11(8)16-22-17-12/h5-6,14H,1-4,7H2,(H,15,19). The molecule has 2 N–H and O–H groups in total. The Morgan fingerprint density at radius 2 is 2.05 bits per heavy atom. The summed E-state index contributed by atoms with van der Waals surface area (Å²) in [5.41, 5.74) is 0.991. The summed E-state index contributed by atoms with van der Waals surface area (Å²) in [6.07, 6.45) is 3.11. The summed E-state index contributed by atoms with van der Waals surface area (Å²) < 4.78 is 7.14. The van der Waals surface area contributed by atoms with Gasteiger partial charge >= 0.3 is 5.69 Å². The van der Waals surface area contributed by atoms with Crippen LogP contribution in [0.5, 0.6) is 0 Å². The van der Waals surface area contributed by atoms with Crippen molar-refractivity contribution < 1.29 is 14.3 Å². The van der Waals surface area contributed by atoms with Crippen molar-refractivity contribution in [3.8, 4) is 0 Å². The molecule has 1 heterocycles. The molecule has 9 nitrogen and oxygen atoms in total. The maximum atomic E-state index is 11.1. The van der Waals surface area contributed by atoms with Crippen molar-refractivity contribution in [1.82, 2.24) is 13.8 Å². The number of hydrogen-bond donors (Lipinski definition) is 2. The predicted octanol–water partition coefficient (Wildman–Crippen LogP) is 2.57. The molecule has 0 saturated carbocycles. The number of nitrogens with one attached hydrogen (secondary N) is 2. The highest BCUT2D eigenvalue weighted by atomic mass is 127. The lowest BCUT2D eigenvalue weighted by Crippen LogP contribution is -2.10. The maximum absolute atomic E-state index is 11.1. The van der Waals surface area contributed by atoms with Crippen molar-refractivity contribution in [2.75, 3.05) is 11.9 Å². The first kappa shape index (κ1) is 16.4. The highest BCUT2D eigenvalue weighted by Gasteiger charge is 2.19. The molecule has 10 heteroatoms. The molecule has 2 aromatic rings. The van der Waals surface area contributed by atoms with Crippen molar-refractivity contribution >= 4 is 51.2 Å². The minimum atomic E-state index is -0.519. The molecule has 1 amide bonds. The summed E-state index contributed by atoms with van der Waals surface area (Å²) >= 11 is 1.82. The summed E-state index contributed by atoms with van der Waals surface area (Å²) in [4.78, 5) is 21.4. The third-order valence-electron chi connectivity index (χ3n) is 3.09. The second-order valence-corrected chi connectivity index (χ2v) is 5.15. The second kappa shape index (κ2) is 7.87. The Morgan fingerprint density at radius 1 is 1.27 bits per heavy atom. The minimum Gasteiger partial charge on any atom is -0.383 e.